The summed E-state index contributed by atoms with van der Waals surface area (Å²) in [7, 11) is 5.40. The first-order valence-corrected chi connectivity index (χ1v) is 9.47. The molecule has 0 aliphatic rings. The first-order valence-electron chi connectivity index (χ1n) is 9.47. The van der Waals surface area contributed by atoms with Gasteiger partial charge < -0.3 is 19.9 Å². The quantitative estimate of drug-likeness (QED) is 0.389. The van der Waals surface area contributed by atoms with Gasteiger partial charge in [0.05, 0.1) is 19.9 Å². The van der Waals surface area contributed by atoms with Crippen LogP contribution in [0.4, 0.5) is 0 Å². The maximum atomic E-state index is 5.82. The number of hydrogen-bond acceptors (Lipinski definition) is 4. The van der Waals surface area contributed by atoms with E-state index in [1.165, 1.54) is 16.5 Å². The van der Waals surface area contributed by atoms with Gasteiger partial charge in [-0.25, -0.2) is 0 Å². The van der Waals surface area contributed by atoms with Crippen LogP contribution in [0.1, 0.15) is 42.0 Å². The minimum Gasteiger partial charge on any atom is -0.496 e. The molecular weight excluding hydrogens is 350 g/mol. The van der Waals surface area contributed by atoms with Crippen LogP contribution in [-0.4, -0.2) is 24.5 Å². The molecule has 0 radical (unpaired) electrons. The number of nitrogens with zero attached hydrogens (tertiary/aromatic N) is 2. The molecule has 0 atom stereocenters. The molecule has 0 fully saturated rings. The Morgan fingerprint density at radius 1 is 1.11 bits per heavy atom. The summed E-state index contributed by atoms with van der Waals surface area (Å²) in [6, 6.07) is 10.5. The van der Waals surface area contributed by atoms with Gasteiger partial charge in [0.2, 0.25) is 0 Å². The molecule has 148 valence electrons. The lowest BCUT2D eigenvalue weighted by Gasteiger charge is -2.18. The number of aryl methyl sites for hydroxylation is 2. The fourth-order valence-corrected chi connectivity index (χ4v) is 3.75. The van der Waals surface area contributed by atoms with E-state index in [0.29, 0.717) is 18.1 Å². The van der Waals surface area contributed by atoms with Crippen molar-refractivity contribution in [3.63, 3.8) is 0 Å². The molecule has 5 heteroatoms. The predicted octanol–water partition coefficient (Wildman–Crippen LogP) is 4.53. The van der Waals surface area contributed by atoms with Crippen molar-refractivity contribution in [2.45, 2.75) is 33.1 Å². The molecule has 0 bridgehead atoms. The van der Waals surface area contributed by atoms with Gasteiger partial charge in [-0.15, -0.1) is 0 Å². The number of methoxy groups -OCH3 is 2. The van der Waals surface area contributed by atoms with Crippen molar-refractivity contribution >= 4 is 16.6 Å². The van der Waals surface area contributed by atoms with Crippen molar-refractivity contribution in [2.75, 3.05) is 14.2 Å². The fourth-order valence-electron chi connectivity index (χ4n) is 3.75. The highest BCUT2D eigenvalue weighted by Gasteiger charge is 2.18. The van der Waals surface area contributed by atoms with E-state index in [0.717, 1.165) is 28.2 Å². The molecule has 2 N–H and O–H groups in total. The fraction of sp³-hybridized carbons (Fsp3) is 0.348. The normalized spacial score (nSPS) is 12.0. The number of benzene rings is 2. The Kier molecular flexibility index (Phi) is 5.63. The third-order valence-electron chi connectivity index (χ3n) is 5.27. The van der Waals surface area contributed by atoms with Crippen LogP contribution in [0.25, 0.3) is 10.9 Å². The van der Waals surface area contributed by atoms with Crippen molar-refractivity contribution in [1.82, 2.24) is 4.57 Å². The minimum atomic E-state index is 0.307. The van der Waals surface area contributed by atoms with Crippen molar-refractivity contribution in [1.29, 1.82) is 0 Å². The highest BCUT2D eigenvalue weighted by atomic mass is 16.5. The number of nitrogens with two attached hydrogens (primary N) is 1. The zero-order valence-electron chi connectivity index (χ0n) is 17.5. The SMILES string of the molecule is COc1cc(OC)c(C(C)C)cc1/C(Cc1ccc2c(c1)c(C)cn2C)=N\N. The first-order chi connectivity index (χ1) is 13.4. The van der Waals surface area contributed by atoms with E-state index < -0.39 is 0 Å². The van der Waals surface area contributed by atoms with E-state index in [1.54, 1.807) is 14.2 Å². The van der Waals surface area contributed by atoms with Crippen molar-refractivity contribution in [2.24, 2.45) is 18.0 Å². The summed E-state index contributed by atoms with van der Waals surface area (Å²) in [5.74, 6) is 7.65. The average Bonchev–Trinajstić information content (AvgIpc) is 2.98. The monoisotopic (exact) mass is 379 g/mol. The van der Waals surface area contributed by atoms with Crippen molar-refractivity contribution < 1.29 is 9.47 Å². The van der Waals surface area contributed by atoms with Gasteiger partial charge >= 0.3 is 0 Å². The molecule has 3 aromatic rings. The number of rotatable bonds is 6. The van der Waals surface area contributed by atoms with Crippen LogP contribution in [0.15, 0.2) is 41.6 Å². The van der Waals surface area contributed by atoms with Crippen LogP contribution in [0.2, 0.25) is 0 Å². The molecule has 0 spiro atoms. The summed E-state index contributed by atoms with van der Waals surface area (Å²) in [5.41, 5.74) is 6.43. The van der Waals surface area contributed by atoms with Gasteiger partial charge in [-0.05, 0) is 47.7 Å². The Labute approximate surface area is 166 Å². The molecular formula is C23H29N3O2. The summed E-state index contributed by atoms with van der Waals surface area (Å²) in [6.07, 6.45) is 2.77. The van der Waals surface area contributed by atoms with E-state index in [1.807, 2.05) is 6.07 Å². The number of fused-ring (bicyclic) bond motifs is 1. The average molecular weight is 380 g/mol. The van der Waals surface area contributed by atoms with Crippen LogP contribution >= 0.6 is 0 Å². The van der Waals surface area contributed by atoms with E-state index >= 15 is 0 Å². The molecule has 0 saturated carbocycles. The number of aromatic nitrogens is 1. The Bertz CT molecular complexity index is 1030. The lowest BCUT2D eigenvalue weighted by atomic mass is 9.94. The summed E-state index contributed by atoms with van der Waals surface area (Å²) < 4.78 is 13.3. The Morgan fingerprint density at radius 2 is 1.82 bits per heavy atom. The van der Waals surface area contributed by atoms with Crippen LogP contribution in [-0.2, 0) is 13.5 Å². The minimum absolute atomic E-state index is 0.307. The zero-order valence-corrected chi connectivity index (χ0v) is 17.5. The smallest absolute Gasteiger partial charge is 0.131 e. The number of ether oxygens (including phenoxy) is 2. The second-order valence-electron chi connectivity index (χ2n) is 7.48. The van der Waals surface area contributed by atoms with Crippen LogP contribution in [0, 0.1) is 6.92 Å². The van der Waals surface area contributed by atoms with E-state index in [2.05, 4.69) is 67.9 Å². The summed E-state index contributed by atoms with van der Waals surface area (Å²) in [5, 5.41) is 5.37. The van der Waals surface area contributed by atoms with E-state index in [4.69, 9.17) is 15.3 Å². The summed E-state index contributed by atoms with van der Waals surface area (Å²) in [4.78, 5) is 0. The number of hydrogen-bond donors (Lipinski definition) is 1. The van der Waals surface area contributed by atoms with Gasteiger partial charge in [0.25, 0.3) is 0 Å². The zero-order chi connectivity index (χ0) is 20.4. The lowest BCUT2D eigenvalue weighted by Crippen LogP contribution is -2.11. The van der Waals surface area contributed by atoms with Crippen LogP contribution in [0.5, 0.6) is 11.5 Å². The maximum absolute atomic E-state index is 5.82. The molecule has 1 heterocycles. The van der Waals surface area contributed by atoms with Gasteiger partial charge in [-0.3, -0.25) is 0 Å². The van der Waals surface area contributed by atoms with Gasteiger partial charge in [-0.2, -0.15) is 5.10 Å². The van der Waals surface area contributed by atoms with Gasteiger partial charge in [-0.1, -0.05) is 19.9 Å². The molecule has 5 nitrogen and oxygen atoms in total. The van der Waals surface area contributed by atoms with Crippen molar-refractivity contribution in [3.05, 3.63) is 58.8 Å². The third kappa shape index (κ3) is 3.57. The maximum Gasteiger partial charge on any atom is 0.131 e. The van der Waals surface area contributed by atoms with Gasteiger partial charge in [0, 0.05) is 42.2 Å². The largest absolute Gasteiger partial charge is 0.496 e. The predicted molar refractivity (Wildman–Crippen MR) is 116 cm³/mol. The van der Waals surface area contributed by atoms with Crippen LogP contribution in [0.3, 0.4) is 0 Å². The standard InChI is InChI=1S/C23H29N3O2/c1-14(2)17-11-19(23(28-6)12-22(17)27-5)20(25-24)10-16-7-8-21-18(9-16)15(3)13-26(21)4/h7-9,11-14H,10,24H2,1-6H3/b25-20-. The molecule has 2 aromatic carbocycles. The summed E-state index contributed by atoms with van der Waals surface area (Å²) in [6.45, 7) is 6.41. The second kappa shape index (κ2) is 7.97. The first kappa shape index (κ1) is 19.8. The Balaban J connectivity index is 2.04. The number of hydrazone groups is 1. The molecule has 0 aliphatic carbocycles. The molecule has 0 saturated heterocycles. The highest BCUT2D eigenvalue weighted by molar-refractivity contribution is 6.04. The van der Waals surface area contributed by atoms with Gasteiger partial charge in [0.1, 0.15) is 11.5 Å². The van der Waals surface area contributed by atoms with Crippen LogP contribution < -0.4 is 15.3 Å². The molecule has 0 amide bonds. The molecule has 0 unspecified atom stereocenters. The molecule has 0 aliphatic heterocycles. The molecule has 1 aromatic heterocycles. The third-order valence-corrected chi connectivity index (χ3v) is 5.27. The molecule has 3 rings (SSSR count). The second-order valence-corrected chi connectivity index (χ2v) is 7.48. The van der Waals surface area contributed by atoms with Crippen molar-refractivity contribution in [3.8, 4) is 11.5 Å². The van der Waals surface area contributed by atoms with E-state index in [-0.39, 0.29) is 0 Å². The molecule has 28 heavy (non-hydrogen) atoms. The van der Waals surface area contributed by atoms with Gasteiger partial charge in [0.15, 0.2) is 0 Å². The van der Waals surface area contributed by atoms with E-state index in [9.17, 15) is 0 Å². The Hall–Kier alpha value is -2.95. The summed E-state index contributed by atoms with van der Waals surface area (Å²) >= 11 is 0. The topological polar surface area (TPSA) is 61.8 Å². The Morgan fingerprint density at radius 3 is 2.43 bits per heavy atom. The highest BCUT2D eigenvalue weighted by Crippen LogP contribution is 2.34. The lowest BCUT2D eigenvalue weighted by molar-refractivity contribution is 0.389.